The molecule has 0 unspecified atom stereocenters. The summed E-state index contributed by atoms with van der Waals surface area (Å²) in [4.78, 5) is 16.7. The van der Waals surface area contributed by atoms with E-state index in [-0.39, 0.29) is 11.0 Å². The highest BCUT2D eigenvalue weighted by Gasteiger charge is 2.10. The van der Waals surface area contributed by atoms with Crippen LogP contribution in [0.5, 0.6) is 0 Å². The smallest absolute Gasteiger partial charge is 0.257 e. The number of anilines is 1. The lowest BCUT2D eigenvalue weighted by atomic mass is 10.1. The quantitative estimate of drug-likeness (QED) is 0.479. The van der Waals surface area contributed by atoms with Crippen LogP contribution in [0, 0.1) is 0 Å². The van der Waals surface area contributed by atoms with Gasteiger partial charge in [0.05, 0.1) is 5.69 Å². The van der Waals surface area contributed by atoms with Crippen LogP contribution < -0.4 is 10.6 Å². The maximum absolute atomic E-state index is 12.1. The maximum atomic E-state index is 12.1. The van der Waals surface area contributed by atoms with Crippen LogP contribution in [0.3, 0.4) is 0 Å². The van der Waals surface area contributed by atoms with Gasteiger partial charge in [-0.05, 0) is 41.2 Å². The summed E-state index contributed by atoms with van der Waals surface area (Å²) < 4.78 is 0. The molecule has 4 aromatic rings. The van der Waals surface area contributed by atoms with Crippen molar-refractivity contribution in [3.05, 3.63) is 83.7 Å². The molecule has 0 radical (unpaired) electrons. The maximum Gasteiger partial charge on any atom is 0.257 e. The van der Waals surface area contributed by atoms with E-state index in [0.717, 1.165) is 11.3 Å². The fraction of sp³-hybridized carbons (Fsp3) is 0. The van der Waals surface area contributed by atoms with Crippen molar-refractivity contribution >= 4 is 50.5 Å². The molecule has 1 aromatic heterocycles. The third kappa shape index (κ3) is 4.02. The monoisotopic (exact) mass is 389 g/mol. The molecule has 0 spiro atoms. The summed E-state index contributed by atoms with van der Waals surface area (Å²) in [5.74, 6) is -0.251. The molecule has 0 saturated heterocycles. The zero-order valence-electron chi connectivity index (χ0n) is 14.2. The van der Waals surface area contributed by atoms with E-state index in [1.54, 1.807) is 12.1 Å². The molecule has 0 atom stereocenters. The van der Waals surface area contributed by atoms with Crippen molar-refractivity contribution in [3.63, 3.8) is 0 Å². The van der Waals surface area contributed by atoms with Gasteiger partial charge in [-0.25, -0.2) is 4.98 Å². The van der Waals surface area contributed by atoms with E-state index in [2.05, 4.69) is 45.9 Å². The van der Waals surface area contributed by atoms with Gasteiger partial charge in [0.2, 0.25) is 0 Å². The van der Waals surface area contributed by atoms with Crippen LogP contribution in [0.25, 0.3) is 22.0 Å². The second-order valence-electron chi connectivity index (χ2n) is 5.87. The van der Waals surface area contributed by atoms with E-state index < -0.39 is 0 Å². The zero-order valence-corrected chi connectivity index (χ0v) is 15.8. The molecule has 132 valence electrons. The van der Waals surface area contributed by atoms with E-state index in [9.17, 15) is 4.79 Å². The van der Waals surface area contributed by atoms with Crippen LogP contribution in [0.1, 0.15) is 10.4 Å². The number of nitrogens with one attached hydrogen (secondary N) is 2. The van der Waals surface area contributed by atoms with E-state index in [1.807, 2.05) is 35.7 Å². The fourth-order valence-electron chi connectivity index (χ4n) is 2.71. The van der Waals surface area contributed by atoms with Crippen molar-refractivity contribution in [1.82, 2.24) is 10.3 Å². The van der Waals surface area contributed by atoms with E-state index in [4.69, 9.17) is 12.2 Å². The Morgan fingerprint density at radius 3 is 2.48 bits per heavy atom. The summed E-state index contributed by atoms with van der Waals surface area (Å²) in [5, 5.41) is 10.8. The van der Waals surface area contributed by atoms with Crippen molar-refractivity contribution < 1.29 is 4.79 Å². The number of hydrogen-bond donors (Lipinski definition) is 2. The number of fused-ring (bicyclic) bond motifs is 1. The second-order valence-corrected chi connectivity index (χ2v) is 7.14. The minimum atomic E-state index is -0.251. The van der Waals surface area contributed by atoms with E-state index >= 15 is 0 Å². The highest BCUT2D eigenvalue weighted by molar-refractivity contribution is 7.80. The molecule has 0 aliphatic heterocycles. The molecule has 4 rings (SSSR count). The molecule has 0 aliphatic carbocycles. The lowest BCUT2D eigenvalue weighted by Gasteiger charge is -2.07. The van der Waals surface area contributed by atoms with Crippen molar-refractivity contribution in [2.75, 3.05) is 5.32 Å². The van der Waals surface area contributed by atoms with Crippen molar-refractivity contribution in [3.8, 4) is 11.3 Å². The number of hydrogen-bond acceptors (Lipinski definition) is 4. The summed E-state index contributed by atoms with van der Waals surface area (Å²) in [6, 6.07) is 23.4. The van der Waals surface area contributed by atoms with E-state index in [1.165, 1.54) is 22.1 Å². The molecular weight excluding hydrogens is 374 g/mol. The molecule has 0 saturated carbocycles. The minimum absolute atomic E-state index is 0.225. The van der Waals surface area contributed by atoms with Gasteiger partial charge in [0, 0.05) is 16.5 Å². The standard InChI is InChI=1S/C21H15N3OS2/c25-19(15-7-2-1-3-8-15)23-20(26)24-21-22-18(13-27-21)17-11-10-14-6-4-5-9-16(14)12-17/h1-13H,(H2,22,23,24,25,26). The number of thiocarbonyl (C=S) groups is 1. The Morgan fingerprint density at radius 2 is 1.67 bits per heavy atom. The van der Waals surface area contributed by atoms with Gasteiger partial charge in [-0.1, -0.05) is 54.6 Å². The first-order valence-corrected chi connectivity index (χ1v) is 9.60. The summed E-state index contributed by atoms with van der Waals surface area (Å²) in [6.07, 6.45) is 0. The molecule has 0 bridgehead atoms. The normalized spacial score (nSPS) is 10.5. The highest BCUT2D eigenvalue weighted by atomic mass is 32.1. The first kappa shape index (κ1) is 17.3. The average Bonchev–Trinajstić information content (AvgIpc) is 3.16. The second kappa shape index (κ2) is 7.65. The van der Waals surface area contributed by atoms with Crippen LogP contribution in [0.15, 0.2) is 78.2 Å². The molecule has 1 heterocycles. The van der Waals surface area contributed by atoms with Gasteiger partial charge in [0.25, 0.3) is 5.91 Å². The molecule has 0 fully saturated rings. The van der Waals surface area contributed by atoms with Gasteiger partial charge in [0.15, 0.2) is 10.2 Å². The predicted octanol–water partition coefficient (Wildman–Crippen LogP) is 5.09. The van der Waals surface area contributed by atoms with Gasteiger partial charge in [0.1, 0.15) is 0 Å². The average molecular weight is 390 g/mol. The van der Waals surface area contributed by atoms with Gasteiger partial charge in [-0.2, -0.15) is 0 Å². The van der Waals surface area contributed by atoms with Crippen molar-refractivity contribution in [2.45, 2.75) is 0 Å². The number of aromatic nitrogens is 1. The summed E-state index contributed by atoms with van der Waals surface area (Å²) >= 11 is 6.67. The molecular formula is C21H15N3OS2. The Labute approximate surface area is 165 Å². The molecule has 27 heavy (non-hydrogen) atoms. The molecule has 0 aliphatic rings. The van der Waals surface area contributed by atoms with E-state index in [0.29, 0.717) is 10.7 Å². The largest absolute Gasteiger partial charge is 0.308 e. The van der Waals surface area contributed by atoms with Gasteiger partial charge in [-0.15, -0.1) is 11.3 Å². The van der Waals surface area contributed by atoms with Crippen LogP contribution in [0.4, 0.5) is 5.13 Å². The fourth-order valence-corrected chi connectivity index (χ4v) is 3.68. The summed E-state index contributed by atoms with van der Waals surface area (Å²) in [7, 11) is 0. The lowest BCUT2D eigenvalue weighted by molar-refractivity contribution is 0.0977. The van der Waals surface area contributed by atoms with Gasteiger partial charge < -0.3 is 5.32 Å². The number of rotatable bonds is 3. The Balaban J connectivity index is 1.45. The Kier molecular flexibility index (Phi) is 4.91. The van der Waals surface area contributed by atoms with Crippen LogP contribution in [-0.2, 0) is 0 Å². The van der Waals surface area contributed by atoms with Gasteiger partial charge >= 0.3 is 0 Å². The van der Waals surface area contributed by atoms with Crippen molar-refractivity contribution in [2.24, 2.45) is 0 Å². The Hall–Kier alpha value is -3.09. The minimum Gasteiger partial charge on any atom is -0.308 e. The number of benzene rings is 3. The molecule has 2 N–H and O–H groups in total. The molecule has 4 nitrogen and oxygen atoms in total. The number of amides is 1. The number of thiazole rings is 1. The molecule has 6 heteroatoms. The number of nitrogens with zero attached hydrogens (tertiary/aromatic N) is 1. The lowest BCUT2D eigenvalue weighted by Crippen LogP contribution is -2.34. The van der Waals surface area contributed by atoms with Crippen LogP contribution >= 0.6 is 23.6 Å². The van der Waals surface area contributed by atoms with Crippen molar-refractivity contribution in [1.29, 1.82) is 0 Å². The first-order chi connectivity index (χ1) is 13.2. The SMILES string of the molecule is O=C(NC(=S)Nc1nc(-c2ccc3ccccc3c2)cs1)c1ccccc1. The Morgan fingerprint density at radius 1 is 0.926 bits per heavy atom. The van der Waals surface area contributed by atoms with Gasteiger partial charge in [-0.3, -0.25) is 10.1 Å². The molecule has 1 amide bonds. The third-order valence-electron chi connectivity index (χ3n) is 4.03. The van der Waals surface area contributed by atoms with Crippen LogP contribution in [0.2, 0.25) is 0 Å². The molecule has 3 aromatic carbocycles. The predicted molar refractivity (Wildman–Crippen MR) is 115 cm³/mol. The van der Waals surface area contributed by atoms with Crippen LogP contribution in [-0.4, -0.2) is 16.0 Å². The summed E-state index contributed by atoms with van der Waals surface area (Å²) in [6.45, 7) is 0. The highest BCUT2D eigenvalue weighted by Crippen LogP contribution is 2.27. The summed E-state index contributed by atoms with van der Waals surface area (Å²) in [5.41, 5.74) is 2.46. The number of carbonyl (C=O) groups is 1. The topological polar surface area (TPSA) is 54.0 Å². The third-order valence-corrected chi connectivity index (χ3v) is 4.99. The first-order valence-electron chi connectivity index (χ1n) is 8.31. The Bertz CT molecular complexity index is 1120. The zero-order chi connectivity index (χ0) is 18.6. The number of carbonyl (C=O) groups excluding carboxylic acids is 1.